The van der Waals surface area contributed by atoms with Gasteiger partial charge < -0.3 is 10.5 Å². The Hall–Kier alpha value is -4.84. The zero-order valence-electron chi connectivity index (χ0n) is 18.3. The number of nitrogens with zero attached hydrogens (tertiary/aromatic N) is 6. The summed E-state index contributed by atoms with van der Waals surface area (Å²) in [6.07, 6.45) is 11.9. The Kier molecular flexibility index (Phi) is 5.11. The fourth-order valence-electron chi connectivity index (χ4n) is 3.76. The van der Waals surface area contributed by atoms with Crippen molar-refractivity contribution in [3.8, 4) is 46.4 Å². The van der Waals surface area contributed by atoms with Gasteiger partial charge in [-0.25, -0.2) is 28.8 Å². The number of hydrogen-bond donors (Lipinski definition) is 1. The lowest BCUT2D eigenvalue weighted by molar-refractivity contribution is 0.410. The zero-order valence-corrected chi connectivity index (χ0v) is 18.3. The zero-order chi connectivity index (χ0) is 23.8. The first-order valence-corrected chi connectivity index (χ1v) is 10.3. The van der Waals surface area contributed by atoms with Crippen LogP contribution in [-0.2, 0) is 0 Å². The lowest BCUT2D eigenvalue weighted by atomic mass is 9.95. The monoisotopic (exact) mass is 451 g/mol. The average Bonchev–Trinajstić information content (AvgIpc) is 3.21. The van der Waals surface area contributed by atoms with Gasteiger partial charge in [0, 0.05) is 41.0 Å². The SMILES string of the molecule is C#Cc1cc(C)c(-c2cn3ncnc(N)c3c2-c2ccc(Oc3nccc(C)n3)c(F)c2)cn1. The third-order valence-electron chi connectivity index (χ3n) is 5.35. The van der Waals surface area contributed by atoms with Gasteiger partial charge in [-0.1, -0.05) is 12.0 Å². The predicted molar refractivity (Wildman–Crippen MR) is 126 cm³/mol. The molecule has 0 bridgehead atoms. The van der Waals surface area contributed by atoms with Crippen LogP contribution in [0.3, 0.4) is 0 Å². The van der Waals surface area contributed by atoms with Crippen LogP contribution in [0.15, 0.2) is 55.2 Å². The Balaban J connectivity index is 1.67. The first kappa shape index (κ1) is 21.0. The number of halogens is 1. The van der Waals surface area contributed by atoms with Crippen LogP contribution in [0.1, 0.15) is 17.0 Å². The van der Waals surface area contributed by atoms with Crippen LogP contribution in [0.4, 0.5) is 10.2 Å². The first-order valence-electron chi connectivity index (χ1n) is 10.3. The van der Waals surface area contributed by atoms with Crippen molar-refractivity contribution >= 4 is 11.3 Å². The van der Waals surface area contributed by atoms with E-state index >= 15 is 4.39 Å². The van der Waals surface area contributed by atoms with Crippen LogP contribution in [0.2, 0.25) is 0 Å². The molecule has 0 aliphatic heterocycles. The minimum atomic E-state index is -0.583. The highest BCUT2D eigenvalue weighted by Crippen LogP contribution is 2.40. The number of ether oxygens (including phenoxy) is 1. The van der Waals surface area contributed by atoms with Crippen molar-refractivity contribution in [3.05, 3.63) is 78.0 Å². The van der Waals surface area contributed by atoms with Gasteiger partial charge in [-0.15, -0.1) is 6.42 Å². The summed E-state index contributed by atoms with van der Waals surface area (Å²) < 4.78 is 22.3. The number of rotatable bonds is 4. The van der Waals surface area contributed by atoms with Crippen LogP contribution in [-0.4, -0.2) is 29.5 Å². The number of aryl methyl sites for hydroxylation is 2. The quantitative estimate of drug-likeness (QED) is 0.405. The summed E-state index contributed by atoms with van der Waals surface area (Å²) >= 11 is 0. The molecular weight excluding hydrogens is 433 g/mol. The molecule has 4 heterocycles. The Labute approximate surface area is 194 Å². The molecule has 166 valence electrons. The van der Waals surface area contributed by atoms with Crippen molar-refractivity contribution < 1.29 is 9.13 Å². The molecule has 5 rings (SSSR count). The maximum atomic E-state index is 15.2. The predicted octanol–water partition coefficient (Wildman–Crippen LogP) is 4.36. The number of anilines is 1. The summed E-state index contributed by atoms with van der Waals surface area (Å²) in [6.45, 7) is 3.73. The lowest BCUT2D eigenvalue weighted by Crippen LogP contribution is -1.99. The van der Waals surface area contributed by atoms with E-state index in [0.717, 1.165) is 16.7 Å². The molecule has 0 saturated heterocycles. The van der Waals surface area contributed by atoms with E-state index in [1.54, 1.807) is 36.0 Å². The number of nitrogen functional groups attached to an aromatic ring is 1. The van der Waals surface area contributed by atoms with Crippen molar-refractivity contribution in [3.63, 3.8) is 0 Å². The van der Waals surface area contributed by atoms with Gasteiger partial charge in [0.2, 0.25) is 0 Å². The number of benzene rings is 1. The molecule has 0 saturated carbocycles. The molecule has 8 nitrogen and oxygen atoms in total. The highest BCUT2D eigenvalue weighted by molar-refractivity contribution is 5.98. The summed E-state index contributed by atoms with van der Waals surface area (Å²) in [7, 11) is 0. The van der Waals surface area contributed by atoms with Gasteiger partial charge in [0.25, 0.3) is 0 Å². The van der Waals surface area contributed by atoms with E-state index in [9.17, 15) is 0 Å². The van der Waals surface area contributed by atoms with Gasteiger partial charge in [0.15, 0.2) is 17.4 Å². The molecule has 0 aliphatic rings. The minimum absolute atomic E-state index is 0.000132. The highest BCUT2D eigenvalue weighted by atomic mass is 19.1. The number of nitrogens with two attached hydrogens (primary N) is 1. The number of fused-ring (bicyclic) bond motifs is 1. The van der Waals surface area contributed by atoms with Crippen LogP contribution < -0.4 is 10.5 Å². The second kappa shape index (κ2) is 8.26. The Morgan fingerprint density at radius 3 is 2.68 bits per heavy atom. The topological polar surface area (TPSA) is 104 Å². The standard InChI is InChI=1S/C25H18FN7O/c1-4-17-9-14(2)18(11-29-17)19-12-33-23(24(27)30-13-31-33)22(19)16-5-6-21(20(26)10-16)34-25-28-8-7-15(3)32-25/h1,5-13H,2-3H3,(H2,27,30,31). The first-order chi connectivity index (χ1) is 16.4. The summed E-state index contributed by atoms with van der Waals surface area (Å²) in [6, 6.07) is 8.24. The second-order valence-corrected chi connectivity index (χ2v) is 7.61. The molecule has 2 N–H and O–H groups in total. The number of pyridine rings is 1. The van der Waals surface area contributed by atoms with Gasteiger partial charge in [-0.05, 0) is 49.2 Å². The van der Waals surface area contributed by atoms with Crippen molar-refractivity contribution in [2.24, 2.45) is 0 Å². The lowest BCUT2D eigenvalue weighted by Gasteiger charge is -2.11. The summed E-state index contributed by atoms with van der Waals surface area (Å²) in [5.41, 5.74) is 11.7. The number of terminal acetylenes is 1. The van der Waals surface area contributed by atoms with Gasteiger partial charge in [0.1, 0.15) is 17.5 Å². The van der Waals surface area contributed by atoms with Crippen LogP contribution in [0, 0.1) is 32.0 Å². The van der Waals surface area contributed by atoms with Crippen LogP contribution in [0.25, 0.3) is 27.8 Å². The summed E-state index contributed by atoms with van der Waals surface area (Å²) in [4.78, 5) is 16.6. The summed E-state index contributed by atoms with van der Waals surface area (Å²) in [5, 5.41) is 4.28. The molecule has 0 radical (unpaired) electrons. The van der Waals surface area contributed by atoms with E-state index in [1.807, 2.05) is 19.2 Å². The fourth-order valence-corrected chi connectivity index (χ4v) is 3.76. The van der Waals surface area contributed by atoms with Crippen molar-refractivity contribution in [2.75, 3.05) is 5.73 Å². The molecule has 0 amide bonds. The third kappa shape index (κ3) is 3.67. The van der Waals surface area contributed by atoms with Gasteiger partial charge in [0.05, 0.1) is 0 Å². The van der Waals surface area contributed by atoms with Crippen LogP contribution in [0.5, 0.6) is 11.8 Å². The van der Waals surface area contributed by atoms with Gasteiger partial charge in [-0.2, -0.15) is 5.10 Å². The third-order valence-corrected chi connectivity index (χ3v) is 5.35. The molecule has 0 unspecified atom stereocenters. The van der Waals surface area contributed by atoms with E-state index < -0.39 is 5.82 Å². The second-order valence-electron chi connectivity index (χ2n) is 7.61. The van der Waals surface area contributed by atoms with Gasteiger partial charge in [-0.3, -0.25) is 0 Å². The van der Waals surface area contributed by atoms with Gasteiger partial charge >= 0.3 is 6.01 Å². The van der Waals surface area contributed by atoms with E-state index in [4.69, 9.17) is 16.9 Å². The molecule has 5 aromatic rings. The average molecular weight is 451 g/mol. The molecule has 1 aromatic carbocycles. The van der Waals surface area contributed by atoms with Crippen molar-refractivity contribution in [1.29, 1.82) is 0 Å². The van der Waals surface area contributed by atoms with E-state index in [2.05, 4.69) is 31.0 Å². The molecule has 0 atom stereocenters. The fraction of sp³-hybridized carbons (Fsp3) is 0.0800. The molecular formula is C25H18FN7O. The summed E-state index contributed by atoms with van der Waals surface area (Å²) in [5.74, 6) is 2.21. The maximum absolute atomic E-state index is 15.2. The van der Waals surface area contributed by atoms with Crippen molar-refractivity contribution in [1.82, 2.24) is 29.5 Å². The molecule has 0 fully saturated rings. The molecule has 4 aromatic heterocycles. The minimum Gasteiger partial charge on any atom is -0.421 e. The highest BCUT2D eigenvalue weighted by Gasteiger charge is 2.21. The Bertz CT molecular complexity index is 1600. The molecule has 0 spiro atoms. The van der Waals surface area contributed by atoms with E-state index in [1.165, 1.54) is 18.5 Å². The molecule has 9 heteroatoms. The van der Waals surface area contributed by atoms with E-state index in [-0.39, 0.29) is 17.6 Å². The van der Waals surface area contributed by atoms with Crippen molar-refractivity contribution in [2.45, 2.75) is 13.8 Å². The Morgan fingerprint density at radius 2 is 1.94 bits per heavy atom. The maximum Gasteiger partial charge on any atom is 0.322 e. The number of aromatic nitrogens is 6. The Morgan fingerprint density at radius 1 is 1.09 bits per heavy atom. The van der Waals surface area contributed by atoms with Crippen LogP contribution >= 0.6 is 0 Å². The number of hydrogen-bond acceptors (Lipinski definition) is 7. The molecule has 34 heavy (non-hydrogen) atoms. The normalized spacial score (nSPS) is 10.9. The largest absolute Gasteiger partial charge is 0.421 e. The molecule has 0 aliphatic carbocycles. The smallest absolute Gasteiger partial charge is 0.322 e. The van der Waals surface area contributed by atoms with E-state index in [0.29, 0.717) is 28.0 Å².